The van der Waals surface area contributed by atoms with Crippen LogP contribution >= 0.6 is 0 Å². The van der Waals surface area contributed by atoms with Crippen molar-refractivity contribution in [3.63, 3.8) is 0 Å². The Morgan fingerprint density at radius 3 is 2.47 bits per heavy atom. The molecule has 15 heavy (non-hydrogen) atoms. The van der Waals surface area contributed by atoms with Crippen LogP contribution in [0.15, 0.2) is 24.4 Å². The third kappa shape index (κ3) is 5.40. The molecular formula is C13H24N2. The first-order valence-corrected chi connectivity index (χ1v) is 5.73. The molecule has 2 unspecified atom stereocenters. The molecule has 0 aromatic rings. The Balaban J connectivity index is 4.13. The van der Waals surface area contributed by atoms with E-state index in [4.69, 9.17) is 5.41 Å². The van der Waals surface area contributed by atoms with Crippen LogP contribution in [0.3, 0.4) is 0 Å². The van der Waals surface area contributed by atoms with E-state index in [9.17, 15) is 0 Å². The van der Waals surface area contributed by atoms with Gasteiger partial charge in [0.05, 0.1) is 0 Å². The molecule has 0 amide bonds. The van der Waals surface area contributed by atoms with Gasteiger partial charge in [-0.2, -0.15) is 0 Å². The zero-order valence-electron chi connectivity index (χ0n) is 10.4. The van der Waals surface area contributed by atoms with E-state index < -0.39 is 0 Å². The molecule has 2 N–H and O–H groups in total. The first kappa shape index (κ1) is 13.9. The van der Waals surface area contributed by atoms with Crippen LogP contribution in [0.4, 0.5) is 0 Å². The molecule has 0 saturated carbocycles. The lowest BCUT2D eigenvalue weighted by molar-refractivity contribution is 0.461. The minimum absolute atomic E-state index is 0.266. The summed E-state index contributed by atoms with van der Waals surface area (Å²) in [4.78, 5) is 0. The van der Waals surface area contributed by atoms with Gasteiger partial charge in [-0.25, -0.2) is 0 Å². The molecule has 0 aliphatic carbocycles. The molecule has 0 aliphatic rings. The first-order valence-electron chi connectivity index (χ1n) is 5.73. The van der Waals surface area contributed by atoms with E-state index in [0.717, 1.165) is 18.5 Å². The monoisotopic (exact) mass is 208 g/mol. The fraction of sp³-hybridized carbons (Fsp3) is 0.615. The number of hydrogen-bond donors (Lipinski definition) is 2. The summed E-state index contributed by atoms with van der Waals surface area (Å²) in [6.07, 6.45) is 6.06. The van der Waals surface area contributed by atoms with E-state index in [1.807, 2.05) is 12.2 Å². The summed E-state index contributed by atoms with van der Waals surface area (Å²) in [6.45, 7) is 12.4. The van der Waals surface area contributed by atoms with Crippen LogP contribution in [0.2, 0.25) is 0 Å². The van der Waals surface area contributed by atoms with Crippen molar-refractivity contribution in [1.82, 2.24) is 5.32 Å². The fourth-order valence-electron chi connectivity index (χ4n) is 1.23. The summed E-state index contributed by atoms with van der Waals surface area (Å²) in [5, 5.41) is 10.9. The number of allylic oxidation sites excluding steroid dienone is 2. The molecular weight excluding hydrogens is 184 g/mol. The van der Waals surface area contributed by atoms with E-state index in [1.165, 1.54) is 0 Å². The maximum atomic E-state index is 7.89. The Morgan fingerprint density at radius 2 is 2.00 bits per heavy atom. The van der Waals surface area contributed by atoms with Crippen molar-refractivity contribution in [3.8, 4) is 0 Å². The summed E-state index contributed by atoms with van der Waals surface area (Å²) >= 11 is 0. The summed E-state index contributed by atoms with van der Waals surface area (Å²) in [7, 11) is 0. The third-order valence-electron chi connectivity index (χ3n) is 2.80. The second-order valence-electron chi connectivity index (χ2n) is 4.05. The Morgan fingerprint density at radius 1 is 1.40 bits per heavy atom. The molecule has 0 aromatic carbocycles. The number of rotatable bonds is 6. The van der Waals surface area contributed by atoms with Gasteiger partial charge in [0.15, 0.2) is 0 Å². The summed E-state index contributed by atoms with van der Waals surface area (Å²) in [5.74, 6) is 1.37. The van der Waals surface area contributed by atoms with Crippen LogP contribution in [-0.4, -0.2) is 5.84 Å². The van der Waals surface area contributed by atoms with Crippen LogP contribution < -0.4 is 5.32 Å². The van der Waals surface area contributed by atoms with Gasteiger partial charge in [-0.15, -0.1) is 0 Å². The van der Waals surface area contributed by atoms with Crippen molar-refractivity contribution < 1.29 is 0 Å². The summed E-state index contributed by atoms with van der Waals surface area (Å²) in [5.41, 5.74) is 0.803. The van der Waals surface area contributed by atoms with Gasteiger partial charge in [0.25, 0.3) is 0 Å². The lowest BCUT2D eigenvalue weighted by Gasteiger charge is -2.20. The molecule has 0 radical (unpaired) electrons. The first-order chi connectivity index (χ1) is 7.02. The fourth-order valence-corrected chi connectivity index (χ4v) is 1.23. The van der Waals surface area contributed by atoms with Crippen LogP contribution in [0, 0.1) is 17.2 Å². The Kier molecular flexibility index (Phi) is 6.76. The van der Waals surface area contributed by atoms with Gasteiger partial charge in [0.1, 0.15) is 5.84 Å². The van der Waals surface area contributed by atoms with Crippen molar-refractivity contribution in [1.29, 1.82) is 5.41 Å². The maximum absolute atomic E-state index is 7.89. The largest absolute Gasteiger partial charge is 0.345 e. The zero-order chi connectivity index (χ0) is 11.8. The normalized spacial score (nSPS) is 14.9. The molecule has 0 rings (SSSR count). The molecule has 2 heteroatoms. The lowest BCUT2D eigenvalue weighted by Crippen LogP contribution is -2.30. The highest BCUT2D eigenvalue weighted by atomic mass is 14.9. The molecule has 2 atom stereocenters. The Labute approximate surface area is 94.0 Å². The van der Waals surface area contributed by atoms with Gasteiger partial charge in [0, 0.05) is 11.6 Å². The van der Waals surface area contributed by atoms with Crippen molar-refractivity contribution >= 4 is 5.84 Å². The molecule has 0 aliphatic heterocycles. The van der Waals surface area contributed by atoms with Crippen LogP contribution in [0.1, 0.15) is 40.5 Å². The maximum Gasteiger partial charge on any atom is 0.101 e. The van der Waals surface area contributed by atoms with E-state index in [-0.39, 0.29) is 5.92 Å². The second kappa shape index (κ2) is 7.27. The van der Waals surface area contributed by atoms with Crippen LogP contribution in [-0.2, 0) is 0 Å². The average molecular weight is 208 g/mol. The zero-order valence-corrected chi connectivity index (χ0v) is 10.4. The standard InChI is InChI=1S/C13H24N2/c1-6-8-9-11(4)15-13(14)12(5)10(3)7-2/h8-10,12H,4,6-7H2,1-3,5H3,(H2,14,15)/b9-8-. The lowest BCUT2D eigenvalue weighted by atomic mass is 9.92. The van der Waals surface area contributed by atoms with E-state index in [1.54, 1.807) is 0 Å². The third-order valence-corrected chi connectivity index (χ3v) is 2.80. The van der Waals surface area contributed by atoms with Crippen molar-refractivity contribution in [2.24, 2.45) is 11.8 Å². The van der Waals surface area contributed by atoms with E-state index in [2.05, 4.69) is 39.6 Å². The Hall–Kier alpha value is -1.05. The molecule has 2 nitrogen and oxygen atoms in total. The molecule has 0 spiro atoms. The van der Waals surface area contributed by atoms with Crippen molar-refractivity contribution in [2.75, 3.05) is 0 Å². The number of hydrogen-bond acceptors (Lipinski definition) is 1. The molecule has 0 fully saturated rings. The predicted molar refractivity (Wildman–Crippen MR) is 68.1 cm³/mol. The van der Waals surface area contributed by atoms with Crippen LogP contribution in [0.25, 0.3) is 0 Å². The minimum atomic E-state index is 0.266. The predicted octanol–water partition coefficient (Wildman–Crippen LogP) is 3.72. The quantitative estimate of drug-likeness (QED) is 0.389. The van der Waals surface area contributed by atoms with E-state index >= 15 is 0 Å². The van der Waals surface area contributed by atoms with Gasteiger partial charge in [0.2, 0.25) is 0 Å². The number of nitrogens with one attached hydrogen (secondary N) is 2. The topological polar surface area (TPSA) is 35.9 Å². The highest BCUT2D eigenvalue weighted by Gasteiger charge is 2.15. The van der Waals surface area contributed by atoms with Crippen LogP contribution in [0.5, 0.6) is 0 Å². The average Bonchev–Trinajstić information content (AvgIpc) is 2.23. The highest BCUT2D eigenvalue weighted by molar-refractivity contribution is 5.83. The molecule has 0 heterocycles. The molecule has 0 saturated heterocycles. The highest BCUT2D eigenvalue weighted by Crippen LogP contribution is 2.14. The molecule has 86 valence electrons. The molecule has 0 bridgehead atoms. The van der Waals surface area contributed by atoms with Gasteiger partial charge >= 0.3 is 0 Å². The Bertz CT molecular complexity index is 241. The van der Waals surface area contributed by atoms with Gasteiger partial charge in [-0.3, -0.25) is 5.41 Å². The van der Waals surface area contributed by atoms with Crippen molar-refractivity contribution in [2.45, 2.75) is 40.5 Å². The SMILES string of the molecule is C=C(/C=C\CC)NC(=N)C(C)C(C)CC. The minimum Gasteiger partial charge on any atom is -0.345 e. The summed E-state index contributed by atoms with van der Waals surface area (Å²) < 4.78 is 0. The van der Waals surface area contributed by atoms with Gasteiger partial charge < -0.3 is 5.32 Å². The molecule has 0 aromatic heterocycles. The number of amidine groups is 1. The van der Waals surface area contributed by atoms with E-state index in [0.29, 0.717) is 11.8 Å². The van der Waals surface area contributed by atoms with Gasteiger partial charge in [-0.1, -0.05) is 46.8 Å². The summed E-state index contributed by atoms with van der Waals surface area (Å²) in [6, 6.07) is 0. The van der Waals surface area contributed by atoms with Gasteiger partial charge in [-0.05, 0) is 18.4 Å². The second-order valence-corrected chi connectivity index (χ2v) is 4.05. The smallest absolute Gasteiger partial charge is 0.101 e. The van der Waals surface area contributed by atoms with Crippen molar-refractivity contribution in [3.05, 3.63) is 24.4 Å².